The van der Waals surface area contributed by atoms with Crippen molar-refractivity contribution in [2.75, 3.05) is 0 Å². The lowest BCUT2D eigenvalue weighted by atomic mass is 9.87. The average molecular weight is 447 g/mol. The second kappa shape index (κ2) is 8.59. The zero-order chi connectivity index (χ0) is 22.9. The lowest BCUT2D eigenvalue weighted by molar-refractivity contribution is 0.0453. The number of nitrogens with zero attached hydrogens (tertiary/aromatic N) is 4. The first-order chi connectivity index (χ1) is 16.0. The zero-order valence-electron chi connectivity index (χ0n) is 17.6. The van der Waals surface area contributed by atoms with Gasteiger partial charge in [0.2, 0.25) is 0 Å². The Morgan fingerprint density at radius 2 is 1.88 bits per heavy atom. The van der Waals surface area contributed by atoms with Crippen LogP contribution in [0.4, 0.5) is 9.18 Å². The molecule has 1 aliphatic rings. The van der Waals surface area contributed by atoms with E-state index >= 15 is 0 Å². The van der Waals surface area contributed by atoms with Crippen LogP contribution in [-0.2, 0) is 0 Å². The molecule has 0 spiro atoms. The number of carbonyl (C=O) groups is 1. The molecule has 33 heavy (non-hydrogen) atoms. The number of nitrogens with one attached hydrogen (secondary N) is 1. The summed E-state index contributed by atoms with van der Waals surface area (Å²) in [6, 6.07) is 12.5. The van der Waals surface area contributed by atoms with Crippen LogP contribution in [0.2, 0.25) is 0 Å². The molecule has 1 amide bonds. The Hall–Kier alpha value is -3.85. The van der Waals surface area contributed by atoms with E-state index in [9.17, 15) is 19.4 Å². The van der Waals surface area contributed by atoms with E-state index in [2.05, 4.69) is 15.3 Å². The summed E-state index contributed by atoms with van der Waals surface area (Å²) < 4.78 is 16.6. The summed E-state index contributed by atoms with van der Waals surface area (Å²) in [6.45, 7) is 0. The fourth-order valence-electron chi connectivity index (χ4n) is 4.60. The van der Waals surface area contributed by atoms with E-state index < -0.39 is 30.1 Å². The fourth-order valence-corrected chi connectivity index (χ4v) is 4.60. The van der Waals surface area contributed by atoms with Crippen molar-refractivity contribution in [1.82, 2.24) is 24.8 Å². The number of imidazole rings is 1. The number of rotatable bonds is 4. The van der Waals surface area contributed by atoms with E-state index in [4.69, 9.17) is 4.98 Å². The molecule has 0 bridgehead atoms. The normalized spacial score (nSPS) is 20.6. The Morgan fingerprint density at radius 1 is 1.09 bits per heavy atom. The van der Waals surface area contributed by atoms with Crippen LogP contribution in [0.1, 0.15) is 25.3 Å². The van der Waals surface area contributed by atoms with Crippen molar-refractivity contribution >= 4 is 17.1 Å². The molecule has 2 aromatic heterocycles. The van der Waals surface area contributed by atoms with Gasteiger partial charge in [-0.25, -0.2) is 24.1 Å². The van der Waals surface area contributed by atoms with Gasteiger partial charge in [-0.3, -0.25) is 0 Å². The Balaban J connectivity index is 1.71. The van der Waals surface area contributed by atoms with Crippen molar-refractivity contribution in [1.29, 1.82) is 0 Å². The van der Waals surface area contributed by atoms with Crippen LogP contribution in [-0.4, -0.2) is 48.0 Å². The predicted octanol–water partition coefficient (Wildman–Crippen LogP) is 4.02. The topological polar surface area (TPSA) is 113 Å². The minimum absolute atomic E-state index is 0.312. The summed E-state index contributed by atoms with van der Waals surface area (Å²) in [5.41, 5.74) is 2.40. The summed E-state index contributed by atoms with van der Waals surface area (Å²) in [5, 5.41) is 22.8. The fraction of sp³-hybridized carbons (Fsp3) is 0.250. The van der Waals surface area contributed by atoms with Crippen molar-refractivity contribution in [3.63, 3.8) is 0 Å². The minimum Gasteiger partial charge on any atom is -0.465 e. The number of aromatic nitrogens is 4. The molecule has 8 nitrogen and oxygen atoms in total. The van der Waals surface area contributed by atoms with Crippen molar-refractivity contribution < 1.29 is 19.4 Å². The molecule has 3 atom stereocenters. The summed E-state index contributed by atoms with van der Waals surface area (Å²) in [7, 11) is 0. The molecule has 5 rings (SSSR count). The van der Waals surface area contributed by atoms with Crippen molar-refractivity contribution in [2.45, 2.75) is 37.5 Å². The quantitative estimate of drug-likeness (QED) is 0.436. The van der Waals surface area contributed by atoms with Crippen molar-refractivity contribution in [3.05, 3.63) is 66.7 Å². The standard InChI is InChI=1S/C24H22FN5O3/c25-16-6-2-1-5-15(16)23-28-17-10-9-14(22-26-11-4-12-27-22)13-20(17)30(23)19-8-3-7-18(21(19)31)29-24(32)33/h1-2,4-6,9-13,18-19,21,29,31H,3,7-8H2,(H,32,33)/t18-,19+,21+/m0/s1. The van der Waals surface area contributed by atoms with Crippen molar-refractivity contribution in [3.8, 4) is 22.8 Å². The number of fused-ring (bicyclic) bond motifs is 1. The molecule has 4 aromatic rings. The number of benzene rings is 2. The van der Waals surface area contributed by atoms with Gasteiger partial charge in [-0.1, -0.05) is 12.1 Å². The van der Waals surface area contributed by atoms with Gasteiger partial charge in [-0.2, -0.15) is 0 Å². The van der Waals surface area contributed by atoms with Gasteiger partial charge in [-0.15, -0.1) is 0 Å². The lowest BCUT2D eigenvalue weighted by Crippen LogP contribution is -2.49. The molecule has 2 heterocycles. The third kappa shape index (κ3) is 3.91. The molecule has 0 unspecified atom stereocenters. The van der Waals surface area contributed by atoms with Crippen LogP contribution < -0.4 is 5.32 Å². The van der Waals surface area contributed by atoms with E-state index in [0.29, 0.717) is 47.5 Å². The molecule has 1 saturated carbocycles. The highest BCUT2D eigenvalue weighted by Gasteiger charge is 2.36. The van der Waals surface area contributed by atoms with Crippen LogP contribution in [0.15, 0.2) is 60.9 Å². The molecule has 1 aliphatic carbocycles. The van der Waals surface area contributed by atoms with E-state index in [1.807, 2.05) is 22.8 Å². The number of hydrogen-bond acceptors (Lipinski definition) is 5. The van der Waals surface area contributed by atoms with Gasteiger partial charge in [0, 0.05) is 18.0 Å². The third-order valence-electron chi connectivity index (χ3n) is 6.09. The number of hydrogen-bond donors (Lipinski definition) is 3. The summed E-state index contributed by atoms with van der Waals surface area (Å²) in [4.78, 5) is 24.6. The smallest absolute Gasteiger partial charge is 0.404 e. The molecule has 2 aromatic carbocycles. The number of aliphatic hydroxyl groups is 1. The van der Waals surface area contributed by atoms with Crippen molar-refractivity contribution in [2.24, 2.45) is 0 Å². The maximum Gasteiger partial charge on any atom is 0.404 e. The van der Waals surface area contributed by atoms with E-state index in [0.717, 1.165) is 5.56 Å². The maximum atomic E-state index is 14.8. The summed E-state index contributed by atoms with van der Waals surface area (Å²) in [6.07, 6.45) is 2.93. The van der Waals surface area contributed by atoms with Crippen LogP contribution in [0.3, 0.4) is 0 Å². The monoisotopic (exact) mass is 447 g/mol. The maximum absolute atomic E-state index is 14.8. The second-order valence-electron chi connectivity index (χ2n) is 8.11. The SMILES string of the molecule is O=C(O)N[C@H]1CCC[C@@H](n2c(-c3ccccc3F)nc3ccc(-c4ncccn4)cc32)[C@@H]1O. The molecule has 168 valence electrons. The molecule has 9 heteroatoms. The number of carboxylic acid groups (broad SMARTS) is 1. The molecular formula is C24H22FN5O3. The average Bonchev–Trinajstić information content (AvgIpc) is 3.19. The highest BCUT2D eigenvalue weighted by Crippen LogP contribution is 2.38. The molecule has 0 saturated heterocycles. The van der Waals surface area contributed by atoms with E-state index in [1.165, 1.54) is 6.07 Å². The molecule has 1 fully saturated rings. The Kier molecular flexibility index (Phi) is 5.47. The first-order valence-electron chi connectivity index (χ1n) is 10.7. The van der Waals surface area contributed by atoms with Gasteiger partial charge < -0.3 is 20.1 Å². The Morgan fingerprint density at radius 3 is 2.64 bits per heavy atom. The van der Waals surface area contributed by atoms with Gasteiger partial charge in [0.1, 0.15) is 11.6 Å². The largest absolute Gasteiger partial charge is 0.465 e. The molecule has 0 aliphatic heterocycles. The van der Waals surface area contributed by atoms with Crippen LogP contribution in [0.5, 0.6) is 0 Å². The third-order valence-corrected chi connectivity index (χ3v) is 6.09. The zero-order valence-corrected chi connectivity index (χ0v) is 17.6. The van der Waals surface area contributed by atoms with Gasteiger partial charge in [0.25, 0.3) is 0 Å². The van der Waals surface area contributed by atoms with E-state index in [1.54, 1.807) is 36.7 Å². The number of aliphatic hydroxyl groups excluding tert-OH is 1. The van der Waals surface area contributed by atoms with Gasteiger partial charge in [0.15, 0.2) is 5.82 Å². The number of halogens is 1. The minimum atomic E-state index is -1.19. The first-order valence-corrected chi connectivity index (χ1v) is 10.7. The Bertz CT molecular complexity index is 1310. The van der Waals surface area contributed by atoms with Crippen LogP contribution >= 0.6 is 0 Å². The second-order valence-corrected chi connectivity index (χ2v) is 8.11. The molecular weight excluding hydrogens is 425 g/mol. The van der Waals surface area contributed by atoms with Gasteiger partial charge >= 0.3 is 6.09 Å². The van der Waals surface area contributed by atoms with Gasteiger partial charge in [-0.05, 0) is 55.7 Å². The summed E-state index contributed by atoms with van der Waals surface area (Å²) in [5.74, 6) is 0.495. The molecule has 3 N–H and O–H groups in total. The van der Waals surface area contributed by atoms with E-state index in [-0.39, 0.29) is 0 Å². The predicted molar refractivity (Wildman–Crippen MR) is 120 cm³/mol. The number of amides is 1. The van der Waals surface area contributed by atoms with Crippen LogP contribution in [0.25, 0.3) is 33.8 Å². The molecule has 0 radical (unpaired) electrons. The highest BCUT2D eigenvalue weighted by molar-refractivity contribution is 5.85. The summed E-state index contributed by atoms with van der Waals surface area (Å²) >= 11 is 0. The highest BCUT2D eigenvalue weighted by atomic mass is 19.1. The Labute approximate surface area is 188 Å². The van der Waals surface area contributed by atoms with Crippen LogP contribution in [0, 0.1) is 5.82 Å². The lowest BCUT2D eigenvalue weighted by Gasteiger charge is -2.36. The first kappa shape index (κ1) is 21.0. The van der Waals surface area contributed by atoms with Gasteiger partial charge in [0.05, 0.1) is 34.8 Å².